The molecule has 0 unspecified atom stereocenters. The molecule has 0 bridgehead atoms. The maximum Gasteiger partial charge on any atom is 0.271 e. The first-order valence-corrected chi connectivity index (χ1v) is 6.39. The first-order chi connectivity index (χ1) is 9.27. The number of nitrogen functional groups attached to an aromatic ring is 1. The molecular weight excluding hydrogens is 260 g/mol. The molecule has 1 saturated heterocycles. The van der Waals surface area contributed by atoms with Gasteiger partial charge in [0.1, 0.15) is 17.8 Å². The number of hydrogen-bond donors (Lipinski definition) is 2. The van der Waals surface area contributed by atoms with E-state index in [4.69, 9.17) is 5.73 Å². The van der Waals surface area contributed by atoms with Crippen molar-refractivity contribution < 1.29 is 14.4 Å². The summed E-state index contributed by atoms with van der Waals surface area (Å²) in [6.07, 6.45) is 1.66. The van der Waals surface area contributed by atoms with Gasteiger partial charge in [-0.05, 0) is 26.8 Å². The third-order valence-electron chi connectivity index (χ3n) is 3.51. The molecule has 3 amide bonds. The second-order valence-electron chi connectivity index (χ2n) is 5.27. The van der Waals surface area contributed by atoms with Crippen molar-refractivity contribution in [1.29, 1.82) is 0 Å². The molecule has 0 atom stereocenters. The van der Waals surface area contributed by atoms with E-state index in [0.29, 0.717) is 17.9 Å². The summed E-state index contributed by atoms with van der Waals surface area (Å²) in [7, 11) is 0. The molecule has 1 aromatic heterocycles. The van der Waals surface area contributed by atoms with Crippen molar-refractivity contribution in [2.75, 3.05) is 12.3 Å². The fourth-order valence-electron chi connectivity index (χ4n) is 2.22. The summed E-state index contributed by atoms with van der Waals surface area (Å²) in [5.74, 6) is -1.34. The molecule has 0 aliphatic carbocycles. The Bertz CT molecular complexity index is 588. The van der Waals surface area contributed by atoms with Crippen molar-refractivity contribution in [2.45, 2.75) is 32.9 Å². The summed E-state index contributed by atoms with van der Waals surface area (Å²) in [6, 6.07) is 1.55. The van der Waals surface area contributed by atoms with Crippen LogP contribution in [0.2, 0.25) is 0 Å². The summed E-state index contributed by atoms with van der Waals surface area (Å²) in [4.78, 5) is 37.3. The van der Waals surface area contributed by atoms with Crippen LogP contribution in [0.4, 0.5) is 5.69 Å². The number of rotatable bonds is 2. The highest BCUT2D eigenvalue weighted by molar-refractivity contribution is 6.08. The van der Waals surface area contributed by atoms with E-state index < -0.39 is 17.4 Å². The van der Waals surface area contributed by atoms with Gasteiger partial charge in [-0.15, -0.1) is 0 Å². The van der Waals surface area contributed by atoms with Crippen LogP contribution >= 0.6 is 0 Å². The zero-order valence-electron chi connectivity index (χ0n) is 11.8. The van der Waals surface area contributed by atoms with Gasteiger partial charge >= 0.3 is 0 Å². The third-order valence-corrected chi connectivity index (χ3v) is 3.51. The fraction of sp³-hybridized carbons (Fsp3) is 0.462. The van der Waals surface area contributed by atoms with E-state index in [-0.39, 0.29) is 12.5 Å². The number of aryl methyl sites for hydroxylation is 1. The first kappa shape index (κ1) is 14.1. The molecule has 20 heavy (non-hydrogen) atoms. The van der Waals surface area contributed by atoms with Gasteiger partial charge in [0.25, 0.3) is 11.8 Å². The number of amides is 3. The molecule has 7 nitrogen and oxygen atoms in total. The van der Waals surface area contributed by atoms with E-state index in [9.17, 15) is 14.4 Å². The van der Waals surface area contributed by atoms with Gasteiger partial charge in [-0.2, -0.15) is 0 Å². The lowest BCUT2D eigenvalue weighted by atomic mass is 9.98. The maximum atomic E-state index is 12.6. The second kappa shape index (κ2) is 4.66. The Morgan fingerprint density at radius 1 is 1.45 bits per heavy atom. The van der Waals surface area contributed by atoms with E-state index in [2.05, 4.69) is 5.32 Å². The Balaban J connectivity index is 2.40. The average molecular weight is 278 g/mol. The van der Waals surface area contributed by atoms with Crippen LogP contribution in [0.15, 0.2) is 12.3 Å². The summed E-state index contributed by atoms with van der Waals surface area (Å²) in [5.41, 5.74) is 5.47. The van der Waals surface area contributed by atoms with Gasteiger partial charge in [0.2, 0.25) is 5.91 Å². The zero-order chi connectivity index (χ0) is 15.1. The van der Waals surface area contributed by atoms with Crippen LogP contribution in [0, 0.1) is 0 Å². The van der Waals surface area contributed by atoms with E-state index in [0.717, 1.165) is 0 Å². The summed E-state index contributed by atoms with van der Waals surface area (Å²) >= 11 is 0. The van der Waals surface area contributed by atoms with Crippen LogP contribution in [-0.4, -0.2) is 39.3 Å². The molecule has 0 radical (unpaired) electrons. The van der Waals surface area contributed by atoms with Crippen molar-refractivity contribution in [3.8, 4) is 0 Å². The largest absolute Gasteiger partial charge is 0.397 e. The number of carbonyl (C=O) groups excluding carboxylic acids is 3. The molecule has 108 valence electrons. The normalized spacial score (nSPS) is 18.1. The van der Waals surface area contributed by atoms with Crippen molar-refractivity contribution >= 4 is 23.4 Å². The molecule has 1 aromatic rings. The Hall–Kier alpha value is -2.31. The molecular formula is C13H18N4O3. The smallest absolute Gasteiger partial charge is 0.271 e. The average Bonchev–Trinajstić information content (AvgIpc) is 2.74. The standard InChI is InChI=1S/C13H18N4O3/c1-4-16-6-8(14)5-9(16)11(19)17-7-10(18)15-12(20)13(17,2)3/h5-6H,4,7,14H2,1-3H3,(H,15,18,20). The van der Waals surface area contributed by atoms with Crippen LogP contribution in [-0.2, 0) is 16.1 Å². The second-order valence-corrected chi connectivity index (χ2v) is 5.27. The SMILES string of the molecule is CCn1cc(N)cc1C(=O)N1CC(=O)NC(=O)C1(C)C. The third kappa shape index (κ3) is 2.15. The van der Waals surface area contributed by atoms with E-state index >= 15 is 0 Å². The predicted molar refractivity (Wildman–Crippen MR) is 72.8 cm³/mol. The van der Waals surface area contributed by atoms with Gasteiger partial charge in [0.15, 0.2) is 0 Å². The van der Waals surface area contributed by atoms with Crippen molar-refractivity contribution in [1.82, 2.24) is 14.8 Å². The highest BCUT2D eigenvalue weighted by Gasteiger charge is 2.44. The van der Waals surface area contributed by atoms with Crippen molar-refractivity contribution in [3.63, 3.8) is 0 Å². The van der Waals surface area contributed by atoms with Gasteiger partial charge < -0.3 is 15.2 Å². The van der Waals surface area contributed by atoms with E-state index in [1.165, 1.54) is 4.90 Å². The number of hydrogen-bond acceptors (Lipinski definition) is 4. The quantitative estimate of drug-likeness (QED) is 0.742. The molecule has 2 rings (SSSR count). The van der Waals surface area contributed by atoms with Crippen molar-refractivity contribution in [2.24, 2.45) is 0 Å². The molecule has 0 saturated carbocycles. The summed E-state index contributed by atoms with van der Waals surface area (Å²) in [6.45, 7) is 5.53. The number of anilines is 1. The number of aromatic nitrogens is 1. The van der Waals surface area contributed by atoms with E-state index in [1.54, 1.807) is 30.7 Å². The summed E-state index contributed by atoms with van der Waals surface area (Å²) in [5, 5.41) is 2.24. The van der Waals surface area contributed by atoms with Crippen LogP contribution in [0.5, 0.6) is 0 Å². The van der Waals surface area contributed by atoms with Crippen LogP contribution in [0.3, 0.4) is 0 Å². The van der Waals surface area contributed by atoms with Gasteiger partial charge in [-0.3, -0.25) is 19.7 Å². The molecule has 1 aliphatic rings. The van der Waals surface area contributed by atoms with E-state index in [1.807, 2.05) is 6.92 Å². The lowest BCUT2D eigenvalue weighted by molar-refractivity contribution is -0.143. The molecule has 7 heteroatoms. The minimum atomic E-state index is -1.08. The monoisotopic (exact) mass is 278 g/mol. The molecule has 0 aromatic carbocycles. The minimum absolute atomic E-state index is 0.146. The minimum Gasteiger partial charge on any atom is -0.397 e. The Morgan fingerprint density at radius 2 is 2.10 bits per heavy atom. The highest BCUT2D eigenvalue weighted by Crippen LogP contribution is 2.22. The molecule has 3 N–H and O–H groups in total. The Morgan fingerprint density at radius 3 is 2.70 bits per heavy atom. The van der Waals surface area contributed by atoms with Gasteiger partial charge in [-0.25, -0.2) is 0 Å². The van der Waals surface area contributed by atoms with Crippen LogP contribution < -0.4 is 11.1 Å². The van der Waals surface area contributed by atoms with Crippen LogP contribution in [0.25, 0.3) is 0 Å². The highest BCUT2D eigenvalue weighted by atomic mass is 16.2. The zero-order valence-corrected chi connectivity index (χ0v) is 11.8. The Kier molecular flexibility index (Phi) is 3.29. The summed E-state index contributed by atoms with van der Waals surface area (Å²) < 4.78 is 1.70. The lowest BCUT2D eigenvalue weighted by Crippen LogP contribution is -2.65. The molecule has 2 heterocycles. The molecule has 0 spiro atoms. The number of piperazine rings is 1. The Labute approximate surface area is 116 Å². The van der Waals surface area contributed by atoms with Crippen LogP contribution in [0.1, 0.15) is 31.3 Å². The number of imide groups is 1. The predicted octanol–water partition coefficient (Wildman–Crippen LogP) is -0.0326. The number of nitrogens with one attached hydrogen (secondary N) is 1. The van der Waals surface area contributed by atoms with Gasteiger partial charge in [0, 0.05) is 12.7 Å². The number of nitrogens with zero attached hydrogens (tertiary/aromatic N) is 2. The van der Waals surface area contributed by atoms with Gasteiger partial charge in [-0.1, -0.05) is 0 Å². The first-order valence-electron chi connectivity index (χ1n) is 6.39. The molecule has 1 fully saturated rings. The van der Waals surface area contributed by atoms with Gasteiger partial charge in [0.05, 0.1) is 5.69 Å². The molecule has 1 aliphatic heterocycles. The fourth-order valence-corrected chi connectivity index (χ4v) is 2.22. The number of carbonyl (C=O) groups is 3. The number of nitrogens with two attached hydrogens (primary N) is 1. The maximum absolute atomic E-state index is 12.6. The lowest BCUT2D eigenvalue weighted by Gasteiger charge is -2.40. The van der Waals surface area contributed by atoms with Crippen molar-refractivity contribution in [3.05, 3.63) is 18.0 Å². The topological polar surface area (TPSA) is 97.4 Å².